The maximum absolute atomic E-state index is 11.9. The molecule has 6 heteroatoms. The number of nitrogens with one attached hydrogen (secondary N) is 1. The second kappa shape index (κ2) is 7.17. The zero-order valence-electron chi connectivity index (χ0n) is 12.2. The summed E-state index contributed by atoms with van der Waals surface area (Å²) in [6.07, 6.45) is 4.03. The van der Waals surface area contributed by atoms with Crippen LogP contribution in [0.2, 0.25) is 0 Å². The molecule has 1 atom stereocenters. The Bertz CT molecular complexity index is 604. The van der Waals surface area contributed by atoms with Gasteiger partial charge in [0.05, 0.1) is 11.4 Å². The molecule has 0 fully saturated rings. The van der Waals surface area contributed by atoms with Gasteiger partial charge in [-0.05, 0) is 32.0 Å². The average molecular weight is 305 g/mol. The van der Waals surface area contributed by atoms with Gasteiger partial charge in [-0.3, -0.25) is 14.3 Å². The zero-order chi connectivity index (χ0) is 15.2. The van der Waals surface area contributed by atoms with Crippen molar-refractivity contribution in [3.05, 3.63) is 40.3 Å². The van der Waals surface area contributed by atoms with Crippen LogP contribution in [-0.2, 0) is 11.3 Å². The molecule has 2 aromatic rings. The van der Waals surface area contributed by atoms with Crippen molar-refractivity contribution >= 4 is 23.0 Å². The first-order chi connectivity index (χ1) is 10.0. The largest absolute Gasteiger partial charge is 0.352 e. The third-order valence-electron chi connectivity index (χ3n) is 3.02. The minimum atomic E-state index is -0.101. The fourth-order valence-electron chi connectivity index (χ4n) is 2.02. The van der Waals surface area contributed by atoms with Crippen LogP contribution in [0.5, 0.6) is 0 Å². The number of hydrogen-bond acceptors (Lipinski definition) is 4. The van der Waals surface area contributed by atoms with Crippen LogP contribution in [0.15, 0.2) is 30.6 Å². The maximum Gasteiger partial charge on any atom is 0.220 e. The molecule has 0 spiro atoms. The van der Waals surface area contributed by atoms with Crippen molar-refractivity contribution in [1.82, 2.24) is 15.1 Å². The standard InChI is InChI=1S/C15H19N3O2S/c1-11(10-18-9-3-8-16-18)17-15(20)7-5-13(19)14-6-4-12(2)21-14/h3-4,6,8-9,11H,5,7,10H2,1-2H3,(H,17,20)/t11-/m1/s1. The van der Waals surface area contributed by atoms with Gasteiger partial charge < -0.3 is 5.32 Å². The lowest BCUT2D eigenvalue weighted by Crippen LogP contribution is -2.35. The Labute approximate surface area is 128 Å². The van der Waals surface area contributed by atoms with Crippen LogP contribution in [-0.4, -0.2) is 27.5 Å². The van der Waals surface area contributed by atoms with Gasteiger partial charge in [0.1, 0.15) is 0 Å². The number of aromatic nitrogens is 2. The van der Waals surface area contributed by atoms with Crippen LogP contribution in [0.4, 0.5) is 0 Å². The number of rotatable bonds is 7. The average Bonchev–Trinajstić information content (AvgIpc) is 3.07. The predicted molar refractivity (Wildman–Crippen MR) is 82.5 cm³/mol. The summed E-state index contributed by atoms with van der Waals surface area (Å²) in [5.74, 6) is -0.0701. The normalized spacial score (nSPS) is 12.1. The third-order valence-corrected chi connectivity index (χ3v) is 4.06. The highest BCUT2D eigenvalue weighted by molar-refractivity contribution is 7.14. The molecule has 0 aromatic carbocycles. The molecule has 0 unspecified atom stereocenters. The Morgan fingerprint density at radius 2 is 2.19 bits per heavy atom. The Morgan fingerprint density at radius 1 is 1.38 bits per heavy atom. The highest BCUT2D eigenvalue weighted by atomic mass is 32.1. The quantitative estimate of drug-likeness (QED) is 0.799. The summed E-state index contributed by atoms with van der Waals surface area (Å²) in [7, 11) is 0. The third kappa shape index (κ3) is 4.82. The Kier molecular flexibility index (Phi) is 5.27. The van der Waals surface area contributed by atoms with Crippen molar-refractivity contribution in [3.8, 4) is 0 Å². The van der Waals surface area contributed by atoms with E-state index < -0.39 is 0 Å². The Morgan fingerprint density at radius 3 is 2.81 bits per heavy atom. The number of thiophene rings is 1. The highest BCUT2D eigenvalue weighted by Crippen LogP contribution is 2.17. The van der Waals surface area contributed by atoms with E-state index in [1.165, 1.54) is 11.3 Å². The smallest absolute Gasteiger partial charge is 0.220 e. The molecule has 1 amide bonds. The fraction of sp³-hybridized carbons (Fsp3) is 0.400. The molecule has 2 aromatic heterocycles. The number of hydrogen-bond donors (Lipinski definition) is 1. The van der Waals surface area contributed by atoms with E-state index in [0.717, 1.165) is 9.75 Å². The lowest BCUT2D eigenvalue weighted by molar-refractivity contribution is -0.121. The van der Waals surface area contributed by atoms with E-state index in [2.05, 4.69) is 10.4 Å². The first kappa shape index (κ1) is 15.4. The number of Topliss-reactive ketones (excluding diaryl/α,β-unsaturated/α-hetero) is 1. The molecule has 0 radical (unpaired) electrons. The molecule has 5 nitrogen and oxygen atoms in total. The van der Waals surface area contributed by atoms with E-state index in [9.17, 15) is 9.59 Å². The molecule has 21 heavy (non-hydrogen) atoms. The van der Waals surface area contributed by atoms with Crippen molar-refractivity contribution in [1.29, 1.82) is 0 Å². The Hall–Kier alpha value is -1.95. The summed E-state index contributed by atoms with van der Waals surface area (Å²) in [5.41, 5.74) is 0. The summed E-state index contributed by atoms with van der Waals surface area (Å²) >= 11 is 1.47. The molecule has 0 aliphatic rings. The highest BCUT2D eigenvalue weighted by Gasteiger charge is 2.13. The monoisotopic (exact) mass is 305 g/mol. The second-order valence-electron chi connectivity index (χ2n) is 5.03. The lowest BCUT2D eigenvalue weighted by atomic mass is 10.2. The zero-order valence-corrected chi connectivity index (χ0v) is 13.0. The van der Waals surface area contributed by atoms with Crippen LogP contribution >= 0.6 is 11.3 Å². The minimum absolute atomic E-state index is 0.0171. The van der Waals surface area contributed by atoms with Crippen LogP contribution in [0, 0.1) is 6.92 Å². The van der Waals surface area contributed by atoms with Gasteiger partial charge in [-0.15, -0.1) is 11.3 Å². The van der Waals surface area contributed by atoms with Gasteiger partial charge in [-0.25, -0.2) is 0 Å². The van der Waals surface area contributed by atoms with Crippen molar-refractivity contribution in [2.24, 2.45) is 0 Å². The van der Waals surface area contributed by atoms with Crippen molar-refractivity contribution in [3.63, 3.8) is 0 Å². The summed E-state index contributed by atoms with van der Waals surface area (Å²) < 4.78 is 1.77. The summed E-state index contributed by atoms with van der Waals surface area (Å²) in [6, 6.07) is 5.57. The second-order valence-corrected chi connectivity index (χ2v) is 6.32. The summed E-state index contributed by atoms with van der Waals surface area (Å²) in [5, 5.41) is 6.97. The van der Waals surface area contributed by atoms with Crippen LogP contribution < -0.4 is 5.32 Å². The molecule has 2 heterocycles. The van der Waals surface area contributed by atoms with E-state index >= 15 is 0 Å². The fourth-order valence-corrected chi connectivity index (χ4v) is 2.85. The number of carbonyl (C=O) groups excluding carboxylic acids is 2. The van der Waals surface area contributed by atoms with Gasteiger partial charge in [-0.2, -0.15) is 5.10 Å². The first-order valence-electron chi connectivity index (χ1n) is 6.91. The van der Waals surface area contributed by atoms with Crippen molar-refractivity contribution in [2.45, 2.75) is 39.3 Å². The minimum Gasteiger partial charge on any atom is -0.352 e. The molecule has 0 aliphatic heterocycles. The molecular formula is C15H19N3O2S. The number of amides is 1. The molecule has 0 saturated carbocycles. The van der Waals surface area contributed by atoms with Gasteiger partial charge in [0.15, 0.2) is 5.78 Å². The number of carbonyl (C=O) groups is 2. The van der Waals surface area contributed by atoms with E-state index in [1.54, 1.807) is 10.9 Å². The van der Waals surface area contributed by atoms with Gasteiger partial charge in [0, 0.05) is 36.2 Å². The van der Waals surface area contributed by atoms with Crippen LogP contribution in [0.3, 0.4) is 0 Å². The molecule has 2 rings (SSSR count). The predicted octanol–water partition coefficient (Wildman–Crippen LogP) is 2.42. The van der Waals surface area contributed by atoms with Crippen LogP contribution in [0.1, 0.15) is 34.3 Å². The van der Waals surface area contributed by atoms with E-state index in [0.29, 0.717) is 6.54 Å². The molecule has 1 N–H and O–H groups in total. The summed E-state index contributed by atoms with van der Waals surface area (Å²) in [4.78, 5) is 25.6. The van der Waals surface area contributed by atoms with Gasteiger partial charge in [-0.1, -0.05) is 0 Å². The maximum atomic E-state index is 11.9. The lowest BCUT2D eigenvalue weighted by Gasteiger charge is -2.13. The SMILES string of the molecule is Cc1ccc(C(=O)CCC(=O)N[C@H](C)Cn2cccn2)s1. The topological polar surface area (TPSA) is 64.0 Å². The van der Waals surface area contributed by atoms with Crippen molar-refractivity contribution < 1.29 is 9.59 Å². The van der Waals surface area contributed by atoms with Gasteiger partial charge >= 0.3 is 0 Å². The number of nitrogens with zero attached hydrogens (tertiary/aromatic N) is 2. The van der Waals surface area contributed by atoms with E-state index in [1.807, 2.05) is 38.2 Å². The van der Waals surface area contributed by atoms with Gasteiger partial charge in [0.25, 0.3) is 0 Å². The molecular weight excluding hydrogens is 286 g/mol. The molecule has 0 aliphatic carbocycles. The molecule has 0 bridgehead atoms. The van der Waals surface area contributed by atoms with E-state index in [4.69, 9.17) is 0 Å². The number of aryl methyl sites for hydroxylation is 1. The van der Waals surface area contributed by atoms with Gasteiger partial charge in [0.2, 0.25) is 5.91 Å². The molecule has 0 saturated heterocycles. The summed E-state index contributed by atoms with van der Waals surface area (Å²) in [6.45, 7) is 4.51. The van der Waals surface area contributed by atoms with Crippen molar-refractivity contribution in [2.75, 3.05) is 0 Å². The Balaban J connectivity index is 1.73. The molecule has 112 valence electrons. The van der Waals surface area contributed by atoms with E-state index in [-0.39, 0.29) is 30.6 Å². The van der Waals surface area contributed by atoms with Crippen LogP contribution in [0.25, 0.3) is 0 Å². The number of ketones is 1. The first-order valence-corrected chi connectivity index (χ1v) is 7.72.